The lowest BCUT2D eigenvalue weighted by Crippen LogP contribution is -2.35. The van der Waals surface area contributed by atoms with Crippen molar-refractivity contribution in [3.05, 3.63) is 64.5 Å². The first-order valence-electron chi connectivity index (χ1n) is 12.8. The minimum absolute atomic E-state index is 0.0321. The van der Waals surface area contributed by atoms with Gasteiger partial charge in [0.25, 0.3) is 0 Å². The Bertz CT molecular complexity index is 1350. The molecule has 0 radical (unpaired) electrons. The highest BCUT2D eigenvalue weighted by Gasteiger charge is 2.33. The predicted molar refractivity (Wildman–Crippen MR) is 133 cm³/mol. The Balaban J connectivity index is 1.59. The van der Waals surface area contributed by atoms with E-state index in [2.05, 4.69) is 10.6 Å². The Kier molecular flexibility index (Phi) is 6.88. The zero-order valence-corrected chi connectivity index (χ0v) is 21.0. The fourth-order valence-corrected chi connectivity index (χ4v) is 5.88. The van der Waals surface area contributed by atoms with Gasteiger partial charge in [0.2, 0.25) is 0 Å². The Labute approximate surface area is 214 Å². The van der Waals surface area contributed by atoms with Crippen LogP contribution in [-0.4, -0.2) is 45.3 Å². The molecule has 7 nitrogen and oxygen atoms in total. The molecule has 0 spiro atoms. The number of carbonyl (C=O) groups is 2. The lowest BCUT2D eigenvalue weighted by atomic mass is 9.81. The molecule has 1 saturated carbocycles. The molecule has 1 aliphatic heterocycles. The topological polar surface area (TPSA) is 84.7 Å². The average molecular weight is 512 g/mol. The quantitative estimate of drug-likeness (QED) is 0.482. The molecule has 2 heterocycles. The number of halogens is 2. The maximum Gasteiger partial charge on any atom is 0.409 e. The molecule has 1 fully saturated rings. The fourth-order valence-electron chi connectivity index (χ4n) is 5.88. The number of amides is 1. The summed E-state index contributed by atoms with van der Waals surface area (Å²) in [5, 5.41) is 9.67. The van der Waals surface area contributed by atoms with Gasteiger partial charge >= 0.3 is 12.1 Å². The number of imidazole rings is 1. The number of carboxylic acids is 1. The highest BCUT2D eigenvalue weighted by Crippen LogP contribution is 2.39. The number of rotatable bonds is 5. The van der Waals surface area contributed by atoms with E-state index in [1.807, 2.05) is 13.0 Å². The normalized spacial score (nSPS) is 20.5. The van der Waals surface area contributed by atoms with Crippen molar-refractivity contribution in [2.45, 2.75) is 64.0 Å². The van der Waals surface area contributed by atoms with Crippen molar-refractivity contribution in [2.75, 3.05) is 13.7 Å². The number of hydrogen-bond acceptors (Lipinski definition) is 4. The third kappa shape index (κ3) is 4.79. The molecule has 2 aromatic carbocycles. The first-order chi connectivity index (χ1) is 17.8. The second-order valence-electron chi connectivity index (χ2n) is 10.3. The number of aliphatic carboxylic acids is 1. The zero-order valence-electron chi connectivity index (χ0n) is 21.0. The zero-order chi connectivity index (χ0) is 26.3. The molecule has 5 rings (SSSR count). The van der Waals surface area contributed by atoms with Gasteiger partial charge in [-0.1, -0.05) is 25.5 Å². The maximum atomic E-state index is 14.0. The van der Waals surface area contributed by atoms with Crippen LogP contribution in [0, 0.1) is 17.6 Å². The standard InChI is InChI=1S/C28H31F2N3O4/c1-16(18-6-8-22(29)23(30)13-18)14-33-24-9-7-17-10-11-32(28(36)37-2)15-21(17)25(24)31-26(33)19-4-3-5-20(12-19)27(34)35/h6-9,13,16,19-20H,3-5,10-12,14-15H2,1-2H3,(H,34,35)/t16-,19-,20-/m0/s1. The van der Waals surface area contributed by atoms with E-state index in [9.17, 15) is 23.5 Å². The van der Waals surface area contributed by atoms with Crippen molar-refractivity contribution in [3.8, 4) is 0 Å². The Hall–Kier alpha value is -3.49. The van der Waals surface area contributed by atoms with Crippen LogP contribution < -0.4 is 0 Å². The van der Waals surface area contributed by atoms with Gasteiger partial charge in [-0.25, -0.2) is 18.6 Å². The first kappa shape index (κ1) is 25.2. The van der Waals surface area contributed by atoms with Crippen molar-refractivity contribution in [1.82, 2.24) is 14.5 Å². The molecule has 1 aromatic heterocycles. The Morgan fingerprint density at radius 2 is 2.00 bits per heavy atom. The van der Waals surface area contributed by atoms with Gasteiger partial charge in [-0.05, 0) is 60.9 Å². The predicted octanol–water partition coefficient (Wildman–Crippen LogP) is 5.60. The Morgan fingerprint density at radius 1 is 1.19 bits per heavy atom. The third-order valence-electron chi connectivity index (χ3n) is 7.94. The summed E-state index contributed by atoms with van der Waals surface area (Å²) >= 11 is 0. The number of fused-ring (bicyclic) bond motifs is 3. The van der Waals surface area contributed by atoms with Crippen LogP contribution in [0.25, 0.3) is 11.0 Å². The van der Waals surface area contributed by atoms with Crippen molar-refractivity contribution in [1.29, 1.82) is 0 Å². The lowest BCUT2D eigenvalue weighted by molar-refractivity contribution is -0.143. The molecule has 3 atom stereocenters. The van der Waals surface area contributed by atoms with Crippen LogP contribution in [0.3, 0.4) is 0 Å². The molecule has 9 heteroatoms. The van der Waals surface area contributed by atoms with Gasteiger partial charge in [0, 0.05) is 24.6 Å². The van der Waals surface area contributed by atoms with Crippen LogP contribution in [-0.2, 0) is 29.0 Å². The van der Waals surface area contributed by atoms with E-state index in [0.717, 1.165) is 46.9 Å². The summed E-state index contributed by atoms with van der Waals surface area (Å²) in [5.74, 6) is -2.32. The van der Waals surface area contributed by atoms with Gasteiger partial charge in [0.15, 0.2) is 11.6 Å². The van der Waals surface area contributed by atoms with Crippen molar-refractivity contribution >= 4 is 23.1 Å². The largest absolute Gasteiger partial charge is 0.481 e. The minimum atomic E-state index is -0.881. The summed E-state index contributed by atoms with van der Waals surface area (Å²) in [5.41, 5.74) is 4.47. The molecule has 3 aromatic rings. The summed E-state index contributed by atoms with van der Waals surface area (Å²) < 4.78 is 34.6. The molecule has 37 heavy (non-hydrogen) atoms. The van der Waals surface area contributed by atoms with Gasteiger partial charge in [-0.15, -0.1) is 0 Å². The second kappa shape index (κ2) is 10.1. The van der Waals surface area contributed by atoms with E-state index in [0.29, 0.717) is 44.5 Å². The number of hydrogen-bond donors (Lipinski definition) is 1. The molecule has 1 amide bonds. The van der Waals surface area contributed by atoms with E-state index in [4.69, 9.17) is 9.72 Å². The van der Waals surface area contributed by atoms with Crippen LogP contribution >= 0.6 is 0 Å². The van der Waals surface area contributed by atoms with Crippen LogP contribution in [0.1, 0.15) is 67.0 Å². The van der Waals surface area contributed by atoms with Crippen molar-refractivity contribution < 1.29 is 28.2 Å². The highest BCUT2D eigenvalue weighted by atomic mass is 19.2. The van der Waals surface area contributed by atoms with Gasteiger partial charge in [0.1, 0.15) is 5.82 Å². The smallest absolute Gasteiger partial charge is 0.409 e. The van der Waals surface area contributed by atoms with E-state index < -0.39 is 23.5 Å². The number of benzene rings is 2. The second-order valence-corrected chi connectivity index (χ2v) is 10.3. The molecule has 196 valence electrons. The SMILES string of the molecule is COC(=O)N1CCc2ccc3c(nc([C@H]4CCC[C@H](C(=O)O)C4)n3C[C@H](C)c3ccc(F)c(F)c3)c2C1. The fraction of sp³-hybridized carbons (Fsp3) is 0.464. The highest BCUT2D eigenvalue weighted by molar-refractivity contribution is 5.82. The van der Waals surface area contributed by atoms with Crippen molar-refractivity contribution in [2.24, 2.45) is 5.92 Å². The van der Waals surface area contributed by atoms with Gasteiger partial charge in [-0.2, -0.15) is 0 Å². The molecular formula is C28H31F2N3O4. The summed E-state index contributed by atoms with van der Waals surface area (Å²) in [6, 6.07) is 8.07. The van der Waals surface area contributed by atoms with Crippen LogP contribution in [0.4, 0.5) is 13.6 Å². The van der Waals surface area contributed by atoms with E-state index in [1.165, 1.54) is 13.2 Å². The van der Waals surface area contributed by atoms with Crippen LogP contribution in [0.5, 0.6) is 0 Å². The number of carbonyl (C=O) groups excluding carboxylic acids is 1. The molecular weight excluding hydrogens is 480 g/mol. The molecule has 1 N–H and O–H groups in total. The van der Waals surface area contributed by atoms with Crippen LogP contribution in [0.15, 0.2) is 30.3 Å². The number of methoxy groups -OCH3 is 1. The van der Waals surface area contributed by atoms with Crippen LogP contribution in [0.2, 0.25) is 0 Å². The number of aromatic nitrogens is 2. The summed E-state index contributed by atoms with van der Waals surface area (Å²) in [6.07, 6.45) is 3.11. The average Bonchev–Trinajstić information content (AvgIpc) is 3.28. The molecule has 0 unspecified atom stereocenters. The minimum Gasteiger partial charge on any atom is -0.481 e. The lowest BCUT2D eigenvalue weighted by Gasteiger charge is -2.28. The Morgan fingerprint density at radius 3 is 2.73 bits per heavy atom. The molecule has 0 bridgehead atoms. The van der Waals surface area contributed by atoms with Gasteiger partial charge < -0.3 is 19.3 Å². The van der Waals surface area contributed by atoms with Crippen molar-refractivity contribution in [3.63, 3.8) is 0 Å². The first-order valence-corrected chi connectivity index (χ1v) is 12.8. The monoisotopic (exact) mass is 511 g/mol. The molecule has 2 aliphatic rings. The van der Waals surface area contributed by atoms with Gasteiger partial charge in [0.05, 0.1) is 30.6 Å². The van der Waals surface area contributed by atoms with E-state index in [-0.39, 0.29) is 17.9 Å². The summed E-state index contributed by atoms with van der Waals surface area (Å²) in [4.78, 5) is 30.8. The molecule has 0 saturated heterocycles. The number of nitrogens with zero attached hydrogens (tertiary/aromatic N) is 3. The van der Waals surface area contributed by atoms with Gasteiger partial charge in [-0.3, -0.25) is 4.79 Å². The van der Waals surface area contributed by atoms with E-state index >= 15 is 0 Å². The third-order valence-corrected chi connectivity index (χ3v) is 7.94. The summed E-state index contributed by atoms with van der Waals surface area (Å²) in [7, 11) is 1.37. The molecule has 1 aliphatic carbocycles. The maximum absolute atomic E-state index is 14.0. The summed E-state index contributed by atoms with van der Waals surface area (Å²) in [6.45, 7) is 3.39. The number of carboxylic acid groups (broad SMARTS) is 1. The van der Waals surface area contributed by atoms with E-state index in [1.54, 1.807) is 11.0 Å². The number of ether oxygens (including phenoxy) is 1.